The van der Waals surface area contributed by atoms with E-state index in [1.807, 2.05) is 0 Å². The molecular formula is C13H13ClN2O2S3. The fourth-order valence-corrected chi connectivity index (χ4v) is 4.88. The number of nitrogens with two attached hydrogens (primary N) is 1. The highest BCUT2D eigenvalue weighted by molar-refractivity contribution is 7.94. The highest BCUT2D eigenvalue weighted by atomic mass is 35.5. The van der Waals surface area contributed by atoms with Crippen LogP contribution in [-0.2, 0) is 10.0 Å². The molecule has 2 rings (SSSR count). The van der Waals surface area contributed by atoms with Gasteiger partial charge in [0.25, 0.3) is 10.0 Å². The van der Waals surface area contributed by atoms with Crippen LogP contribution in [0.5, 0.6) is 0 Å². The normalized spacial score (nSPS) is 11.4. The molecule has 0 fully saturated rings. The number of thiophene rings is 1. The predicted molar refractivity (Wildman–Crippen MR) is 92.0 cm³/mol. The zero-order chi connectivity index (χ0) is 15.8. The molecule has 0 aliphatic carbocycles. The van der Waals surface area contributed by atoms with Crippen LogP contribution in [0.4, 0.5) is 5.69 Å². The first-order valence-electron chi connectivity index (χ1n) is 5.88. The Hall–Kier alpha value is -1.15. The molecule has 1 heterocycles. The van der Waals surface area contributed by atoms with Crippen molar-refractivity contribution in [3.05, 3.63) is 45.8 Å². The molecule has 0 saturated heterocycles. The molecule has 4 nitrogen and oxygen atoms in total. The Morgan fingerprint density at radius 3 is 2.57 bits per heavy atom. The van der Waals surface area contributed by atoms with E-state index in [1.165, 1.54) is 11.4 Å². The largest absolute Gasteiger partial charge is 0.389 e. The standard InChI is InChI=1S/C13H13ClN2O2S3/c1-8-6-11(20-12(8)14)21(17,18)16(2)10-5-3-4-9(7-10)13(15)19/h3-7H,1-2H3,(H2,15,19). The Kier molecular flexibility index (Phi) is 4.57. The maximum atomic E-state index is 12.6. The average Bonchev–Trinajstić information content (AvgIpc) is 2.78. The molecule has 0 unspecified atom stereocenters. The number of aryl methyl sites for hydroxylation is 1. The van der Waals surface area contributed by atoms with Gasteiger partial charge in [-0.2, -0.15) is 0 Å². The van der Waals surface area contributed by atoms with Gasteiger partial charge in [-0.05, 0) is 30.7 Å². The van der Waals surface area contributed by atoms with E-state index in [1.54, 1.807) is 37.3 Å². The van der Waals surface area contributed by atoms with E-state index in [4.69, 9.17) is 29.6 Å². The Morgan fingerprint density at radius 2 is 2.05 bits per heavy atom. The van der Waals surface area contributed by atoms with Gasteiger partial charge in [0.15, 0.2) is 0 Å². The first kappa shape index (κ1) is 16.2. The molecule has 21 heavy (non-hydrogen) atoms. The molecule has 2 aromatic rings. The van der Waals surface area contributed by atoms with Crippen LogP contribution in [0.2, 0.25) is 4.34 Å². The molecule has 1 aromatic heterocycles. The summed E-state index contributed by atoms with van der Waals surface area (Å²) in [7, 11) is -2.17. The van der Waals surface area contributed by atoms with E-state index in [9.17, 15) is 8.42 Å². The van der Waals surface area contributed by atoms with Crippen molar-refractivity contribution in [2.45, 2.75) is 11.1 Å². The molecule has 0 aliphatic heterocycles. The Morgan fingerprint density at radius 1 is 1.38 bits per heavy atom. The van der Waals surface area contributed by atoms with Crippen molar-refractivity contribution in [2.75, 3.05) is 11.4 Å². The van der Waals surface area contributed by atoms with Gasteiger partial charge in [0.1, 0.15) is 9.20 Å². The maximum absolute atomic E-state index is 12.6. The summed E-state index contributed by atoms with van der Waals surface area (Å²) in [5, 5.41) is 0. The zero-order valence-electron chi connectivity index (χ0n) is 11.3. The minimum absolute atomic E-state index is 0.202. The van der Waals surface area contributed by atoms with E-state index >= 15 is 0 Å². The summed E-state index contributed by atoms with van der Waals surface area (Å²) >= 11 is 11.9. The summed E-state index contributed by atoms with van der Waals surface area (Å²) in [6, 6.07) is 8.33. The SMILES string of the molecule is Cc1cc(S(=O)(=O)N(C)c2cccc(C(N)=S)c2)sc1Cl. The van der Waals surface area contributed by atoms with Crippen LogP contribution in [0.3, 0.4) is 0 Å². The van der Waals surface area contributed by atoms with Gasteiger partial charge in [0.05, 0.1) is 10.0 Å². The fraction of sp³-hybridized carbons (Fsp3) is 0.154. The number of anilines is 1. The smallest absolute Gasteiger partial charge is 0.273 e. The lowest BCUT2D eigenvalue weighted by molar-refractivity contribution is 0.596. The molecule has 0 spiro atoms. The number of benzene rings is 1. The van der Waals surface area contributed by atoms with Crippen LogP contribution in [0.15, 0.2) is 34.5 Å². The third-order valence-corrected chi connectivity index (χ3v) is 6.97. The van der Waals surface area contributed by atoms with Crippen molar-refractivity contribution in [1.29, 1.82) is 0 Å². The van der Waals surface area contributed by atoms with Crippen LogP contribution in [0, 0.1) is 6.92 Å². The van der Waals surface area contributed by atoms with Crippen LogP contribution in [0.1, 0.15) is 11.1 Å². The minimum atomic E-state index is -3.65. The highest BCUT2D eigenvalue weighted by Crippen LogP contribution is 2.33. The van der Waals surface area contributed by atoms with E-state index in [0.717, 1.165) is 16.9 Å². The minimum Gasteiger partial charge on any atom is -0.389 e. The van der Waals surface area contributed by atoms with E-state index in [0.29, 0.717) is 15.6 Å². The summed E-state index contributed by atoms with van der Waals surface area (Å²) in [4.78, 5) is 0.220. The molecule has 0 radical (unpaired) electrons. The van der Waals surface area contributed by atoms with Crippen LogP contribution in [-0.4, -0.2) is 20.5 Å². The third kappa shape index (κ3) is 3.21. The molecule has 0 atom stereocenters. The van der Waals surface area contributed by atoms with Crippen LogP contribution >= 0.6 is 35.2 Å². The second kappa shape index (κ2) is 5.92. The number of rotatable bonds is 4. The van der Waals surface area contributed by atoms with Crippen molar-refractivity contribution in [2.24, 2.45) is 5.73 Å². The van der Waals surface area contributed by atoms with Crippen molar-refractivity contribution in [1.82, 2.24) is 0 Å². The number of hydrogen-bond donors (Lipinski definition) is 1. The molecule has 0 bridgehead atoms. The van der Waals surface area contributed by atoms with Crippen LogP contribution < -0.4 is 10.0 Å². The van der Waals surface area contributed by atoms with E-state index in [2.05, 4.69) is 0 Å². The van der Waals surface area contributed by atoms with E-state index in [-0.39, 0.29) is 9.20 Å². The first-order chi connectivity index (χ1) is 9.73. The number of thiocarbonyl (C=S) groups is 1. The van der Waals surface area contributed by atoms with Gasteiger partial charge >= 0.3 is 0 Å². The first-order valence-corrected chi connectivity index (χ1v) is 8.92. The number of halogens is 1. The highest BCUT2D eigenvalue weighted by Gasteiger charge is 2.24. The van der Waals surface area contributed by atoms with E-state index < -0.39 is 10.0 Å². The van der Waals surface area contributed by atoms with Crippen molar-refractivity contribution in [3.8, 4) is 0 Å². The van der Waals surface area contributed by atoms with Gasteiger partial charge < -0.3 is 5.73 Å². The third-order valence-electron chi connectivity index (χ3n) is 2.94. The summed E-state index contributed by atoms with van der Waals surface area (Å²) in [5.74, 6) is 0. The zero-order valence-corrected chi connectivity index (χ0v) is 14.5. The lowest BCUT2D eigenvalue weighted by Crippen LogP contribution is -2.26. The quantitative estimate of drug-likeness (QED) is 0.850. The molecule has 0 aliphatic rings. The van der Waals surface area contributed by atoms with Crippen molar-refractivity contribution >= 4 is 55.9 Å². The Balaban J connectivity index is 2.45. The predicted octanol–water partition coefficient (Wildman–Crippen LogP) is 3.17. The van der Waals surface area contributed by atoms with Gasteiger partial charge in [0, 0.05) is 12.6 Å². The molecule has 0 amide bonds. The second-order valence-corrected chi connectivity index (χ2v) is 8.70. The van der Waals surface area contributed by atoms with Crippen molar-refractivity contribution in [3.63, 3.8) is 0 Å². The van der Waals surface area contributed by atoms with Crippen molar-refractivity contribution < 1.29 is 8.42 Å². The number of hydrogen-bond acceptors (Lipinski definition) is 4. The molecule has 112 valence electrons. The molecule has 0 saturated carbocycles. The van der Waals surface area contributed by atoms with Gasteiger partial charge in [-0.25, -0.2) is 8.42 Å². The summed E-state index contributed by atoms with van der Waals surface area (Å²) in [6.45, 7) is 1.77. The van der Waals surface area contributed by atoms with Gasteiger partial charge in [-0.3, -0.25) is 4.31 Å². The summed E-state index contributed by atoms with van der Waals surface area (Å²) in [5.41, 5.74) is 7.42. The fourth-order valence-electron chi connectivity index (χ4n) is 1.69. The average molecular weight is 361 g/mol. The Labute approximate surface area is 138 Å². The van der Waals surface area contributed by atoms with Gasteiger partial charge in [-0.15, -0.1) is 11.3 Å². The number of sulfonamides is 1. The monoisotopic (exact) mass is 360 g/mol. The summed E-state index contributed by atoms with van der Waals surface area (Å²) in [6.07, 6.45) is 0. The topological polar surface area (TPSA) is 63.4 Å². The maximum Gasteiger partial charge on any atom is 0.273 e. The number of nitrogens with zero attached hydrogens (tertiary/aromatic N) is 1. The molecular weight excluding hydrogens is 348 g/mol. The Bertz CT molecular complexity index is 780. The van der Waals surface area contributed by atoms with Gasteiger partial charge in [-0.1, -0.05) is 36.0 Å². The second-order valence-electron chi connectivity index (χ2n) is 4.41. The molecule has 1 aromatic carbocycles. The lowest BCUT2D eigenvalue weighted by Gasteiger charge is -2.19. The molecule has 2 N–H and O–H groups in total. The summed E-state index contributed by atoms with van der Waals surface area (Å²) < 4.78 is 27.0. The molecule has 8 heteroatoms. The van der Waals surface area contributed by atoms with Gasteiger partial charge in [0.2, 0.25) is 0 Å². The van der Waals surface area contributed by atoms with Crippen LogP contribution in [0.25, 0.3) is 0 Å². The lowest BCUT2D eigenvalue weighted by atomic mass is 10.2.